The zero-order chi connectivity index (χ0) is 17.2. The first kappa shape index (κ1) is 16.5. The van der Waals surface area contributed by atoms with E-state index in [0.717, 1.165) is 0 Å². The molecule has 24 heavy (non-hydrogen) atoms. The van der Waals surface area contributed by atoms with Gasteiger partial charge < -0.3 is 5.84 Å². The number of sulfone groups is 1. The van der Waals surface area contributed by atoms with Crippen molar-refractivity contribution in [2.24, 2.45) is 0 Å². The number of nitrogens with two attached hydrogens (primary N) is 1. The Balaban J connectivity index is 1.85. The summed E-state index contributed by atoms with van der Waals surface area (Å²) >= 11 is 6.13. The lowest BCUT2D eigenvalue weighted by atomic mass is 10.2. The Kier molecular flexibility index (Phi) is 4.55. The SMILES string of the molecule is Nn1c(CS(=O)(=O)Cc2ccccc2)nnc1-c1ccccc1Cl. The lowest BCUT2D eigenvalue weighted by molar-refractivity contribution is 0.592. The monoisotopic (exact) mass is 362 g/mol. The average Bonchev–Trinajstić information content (AvgIpc) is 2.89. The fourth-order valence-corrected chi connectivity index (χ4v) is 3.94. The van der Waals surface area contributed by atoms with Gasteiger partial charge in [0.25, 0.3) is 0 Å². The third-order valence-electron chi connectivity index (χ3n) is 3.46. The standard InChI is InChI=1S/C16H15ClN4O2S/c17-14-9-5-4-8-13(14)16-20-19-15(21(16)18)11-24(22,23)10-12-6-2-1-3-7-12/h1-9H,10-11,18H2. The molecule has 0 fully saturated rings. The Bertz CT molecular complexity index is 955. The molecule has 0 radical (unpaired) electrons. The molecule has 0 unspecified atom stereocenters. The quantitative estimate of drug-likeness (QED) is 0.704. The van der Waals surface area contributed by atoms with Gasteiger partial charge in [-0.25, -0.2) is 13.1 Å². The van der Waals surface area contributed by atoms with Crippen LogP contribution in [0.3, 0.4) is 0 Å². The molecular formula is C16H15ClN4O2S. The number of aromatic nitrogens is 3. The van der Waals surface area contributed by atoms with Crippen molar-refractivity contribution < 1.29 is 8.42 Å². The molecule has 2 aromatic carbocycles. The van der Waals surface area contributed by atoms with Gasteiger partial charge in [-0.2, -0.15) is 0 Å². The van der Waals surface area contributed by atoms with Crippen LogP contribution in [0.1, 0.15) is 11.4 Å². The molecule has 1 aromatic heterocycles. The van der Waals surface area contributed by atoms with E-state index < -0.39 is 9.84 Å². The van der Waals surface area contributed by atoms with Gasteiger partial charge in [-0.05, 0) is 17.7 Å². The molecule has 3 aromatic rings. The van der Waals surface area contributed by atoms with Crippen LogP contribution in [-0.2, 0) is 21.3 Å². The highest BCUT2D eigenvalue weighted by Gasteiger charge is 2.20. The Hall–Kier alpha value is -2.38. The summed E-state index contributed by atoms with van der Waals surface area (Å²) in [5.74, 6) is 6.09. The van der Waals surface area contributed by atoms with Crippen LogP contribution < -0.4 is 5.84 Å². The average molecular weight is 363 g/mol. The second-order valence-corrected chi connectivity index (χ2v) is 7.78. The smallest absolute Gasteiger partial charge is 0.184 e. The normalized spacial score (nSPS) is 11.5. The molecule has 2 N–H and O–H groups in total. The Morgan fingerprint density at radius 2 is 1.62 bits per heavy atom. The fourth-order valence-electron chi connectivity index (χ4n) is 2.32. The summed E-state index contributed by atoms with van der Waals surface area (Å²) in [6.45, 7) is 0. The van der Waals surface area contributed by atoms with Crippen LogP contribution in [0.25, 0.3) is 11.4 Å². The molecular weight excluding hydrogens is 348 g/mol. The maximum absolute atomic E-state index is 12.4. The van der Waals surface area contributed by atoms with E-state index in [-0.39, 0.29) is 17.3 Å². The lowest BCUT2D eigenvalue weighted by Crippen LogP contribution is -2.18. The summed E-state index contributed by atoms with van der Waals surface area (Å²) in [6.07, 6.45) is 0. The van der Waals surface area contributed by atoms with Crippen LogP contribution in [0.5, 0.6) is 0 Å². The van der Waals surface area contributed by atoms with Crippen molar-refractivity contribution in [1.29, 1.82) is 0 Å². The summed E-state index contributed by atoms with van der Waals surface area (Å²) in [4.78, 5) is 0. The van der Waals surface area contributed by atoms with E-state index in [0.29, 0.717) is 22.0 Å². The minimum absolute atomic E-state index is 0.0812. The summed E-state index contributed by atoms with van der Waals surface area (Å²) in [5, 5.41) is 8.36. The fraction of sp³-hybridized carbons (Fsp3) is 0.125. The van der Waals surface area contributed by atoms with Crippen molar-refractivity contribution >= 4 is 21.4 Å². The number of halogens is 1. The number of hydrogen-bond acceptors (Lipinski definition) is 5. The van der Waals surface area contributed by atoms with Gasteiger partial charge in [-0.15, -0.1) is 10.2 Å². The first-order chi connectivity index (χ1) is 11.5. The van der Waals surface area contributed by atoms with Crippen LogP contribution in [0, 0.1) is 0 Å². The molecule has 3 rings (SSSR count). The molecule has 124 valence electrons. The van der Waals surface area contributed by atoms with E-state index in [1.807, 2.05) is 6.07 Å². The number of hydrogen-bond donors (Lipinski definition) is 1. The first-order valence-corrected chi connectivity index (χ1v) is 9.35. The zero-order valence-corrected chi connectivity index (χ0v) is 14.2. The van der Waals surface area contributed by atoms with Crippen LogP contribution in [0.4, 0.5) is 0 Å². The van der Waals surface area contributed by atoms with Crippen molar-refractivity contribution in [2.45, 2.75) is 11.5 Å². The van der Waals surface area contributed by atoms with Gasteiger partial charge in [0.05, 0.1) is 10.8 Å². The molecule has 0 saturated heterocycles. The Morgan fingerprint density at radius 3 is 2.33 bits per heavy atom. The highest BCUT2D eigenvalue weighted by molar-refractivity contribution is 7.89. The van der Waals surface area contributed by atoms with Crippen LogP contribution in [-0.4, -0.2) is 23.3 Å². The molecule has 1 heterocycles. The van der Waals surface area contributed by atoms with Gasteiger partial charge in [0.1, 0.15) is 5.75 Å². The summed E-state index contributed by atoms with van der Waals surface area (Å²) in [7, 11) is -3.43. The van der Waals surface area contributed by atoms with Crippen molar-refractivity contribution in [1.82, 2.24) is 14.9 Å². The third-order valence-corrected chi connectivity index (χ3v) is 5.26. The highest BCUT2D eigenvalue weighted by Crippen LogP contribution is 2.25. The van der Waals surface area contributed by atoms with Gasteiger partial charge in [-0.3, -0.25) is 0 Å². The molecule has 6 nitrogen and oxygen atoms in total. The van der Waals surface area contributed by atoms with Crippen molar-refractivity contribution in [3.8, 4) is 11.4 Å². The van der Waals surface area contributed by atoms with Crippen LogP contribution in [0.2, 0.25) is 5.02 Å². The van der Waals surface area contributed by atoms with Gasteiger partial charge in [0.15, 0.2) is 21.5 Å². The minimum atomic E-state index is -3.43. The van der Waals surface area contributed by atoms with E-state index in [4.69, 9.17) is 17.4 Å². The van der Waals surface area contributed by atoms with Gasteiger partial charge >= 0.3 is 0 Å². The van der Waals surface area contributed by atoms with Crippen molar-refractivity contribution in [3.05, 3.63) is 71.0 Å². The number of nitrogen functional groups attached to an aromatic ring is 1. The zero-order valence-electron chi connectivity index (χ0n) is 12.6. The maximum atomic E-state index is 12.4. The molecule has 0 spiro atoms. The molecule has 0 aliphatic carbocycles. The number of benzene rings is 2. The Morgan fingerprint density at radius 1 is 0.958 bits per heavy atom. The van der Waals surface area contributed by atoms with Crippen molar-refractivity contribution in [3.63, 3.8) is 0 Å². The second-order valence-electron chi connectivity index (χ2n) is 5.31. The van der Waals surface area contributed by atoms with Gasteiger partial charge in [-0.1, -0.05) is 54.1 Å². The van der Waals surface area contributed by atoms with Gasteiger partial charge in [0, 0.05) is 5.56 Å². The van der Waals surface area contributed by atoms with E-state index in [2.05, 4.69) is 10.2 Å². The van der Waals surface area contributed by atoms with E-state index in [1.54, 1.807) is 48.5 Å². The number of rotatable bonds is 5. The predicted octanol–water partition coefficient (Wildman–Crippen LogP) is 2.43. The van der Waals surface area contributed by atoms with E-state index in [1.165, 1.54) is 4.68 Å². The van der Waals surface area contributed by atoms with E-state index in [9.17, 15) is 8.42 Å². The Labute approximate surface area is 144 Å². The topological polar surface area (TPSA) is 90.9 Å². The summed E-state index contributed by atoms with van der Waals surface area (Å²) < 4.78 is 25.9. The van der Waals surface area contributed by atoms with Gasteiger partial charge in [0.2, 0.25) is 0 Å². The molecule has 0 aliphatic rings. The molecule has 0 bridgehead atoms. The highest BCUT2D eigenvalue weighted by atomic mass is 35.5. The second kappa shape index (κ2) is 6.62. The predicted molar refractivity (Wildman–Crippen MR) is 93.4 cm³/mol. The minimum Gasteiger partial charge on any atom is -0.336 e. The summed E-state index contributed by atoms with van der Waals surface area (Å²) in [6, 6.07) is 16.0. The maximum Gasteiger partial charge on any atom is 0.184 e. The largest absolute Gasteiger partial charge is 0.336 e. The molecule has 0 amide bonds. The molecule has 8 heteroatoms. The van der Waals surface area contributed by atoms with Crippen molar-refractivity contribution in [2.75, 3.05) is 5.84 Å². The summed E-state index contributed by atoms with van der Waals surface area (Å²) in [5.41, 5.74) is 1.31. The molecule has 0 aliphatic heterocycles. The van der Waals surface area contributed by atoms with E-state index >= 15 is 0 Å². The third kappa shape index (κ3) is 3.58. The first-order valence-electron chi connectivity index (χ1n) is 7.15. The van der Waals surface area contributed by atoms with Crippen LogP contribution in [0.15, 0.2) is 54.6 Å². The lowest BCUT2D eigenvalue weighted by Gasteiger charge is -2.06. The van der Waals surface area contributed by atoms with Crippen LogP contribution >= 0.6 is 11.6 Å². The molecule has 0 atom stereocenters. The number of nitrogens with zero attached hydrogens (tertiary/aromatic N) is 3. The molecule has 0 saturated carbocycles.